The molecule has 0 aliphatic carbocycles. The zero-order valence-corrected chi connectivity index (χ0v) is 13.1. The first kappa shape index (κ1) is 16.0. The highest BCUT2D eigenvalue weighted by atomic mass is 79.9. The SMILES string of the molecule is CCC(CC)N(CC(C)C)C(=O)C(C)(C)Br. The van der Waals surface area contributed by atoms with Crippen LogP contribution in [0.3, 0.4) is 0 Å². The minimum atomic E-state index is -0.454. The minimum absolute atomic E-state index is 0.204. The molecule has 0 rings (SSSR count). The highest BCUT2D eigenvalue weighted by Gasteiger charge is 2.32. The number of nitrogens with zero attached hydrogens (tertiary/aromatic N) is 1. The lowest BCUT2D eigenvalue weighted by molar-refractivity contribution is -0.135. The van der Waals surface area contributed by atoms with Gasteiger partial charge in [0.1, 0.15) is 0 Å². The number of alkyl halides is 1. The molecule has 0 aromatic carbocycles. The Labute approximate surface area is 109 Å². The number of hydrogen-bond acceptors (Lipinski definition) is 1. The Morgan fingerprint density at radius 3 is 1.94 bits per heavy atom. The molecule has 0 unspecified atom stereocenters. The van der Waals surface area contributed by atoms with Crippen LogP contribution < -0.4 is 0 Å². The molecular formula is C13H26BrNO. The van der Waals surface area contributed by atoms with Crippen molar-refractivity contribution in [1.29, 1.82) is 0 Å². The number of halogens is 1. The van der Waals surface area contributed by atoms with Crippen molar-refractivity contribution in [3.05, 3.63) is 0 Å². The predicted octanol–water partition coefficient (Wildman–Crippen LogP) is 3.83. The van der Waals surface area contributed by atoms with Crippen LogP contribution in [0.15, 0.2) is 0 Å². The Morgan fingerprint density at radius 2 is 1.69 bits per heavy atom. The van der Waals surface area contributed by atoms with E-state index in [4.69, 9.17) is 0 Å². The third kappa shape index (κ3) is 4.86. The summed E-state index contributed by atoms with van der Waals surface area (Å²) in [6, 6.07) is 0.367. The summed E-state index contributed by atoms with van der Waals surface area (Å²) < 4.78 is -0.454. The summed E-state index contributed by atoms with van der Waals surface area (Å²) in [5, 5.41) is 0. The molecule has 96 valence electrons. The molecule has 0 radical (unpaired) electrons. The van der Waals surface area contributed by atoms with Crippen LogP contribution >= 0.6 is 15.9 Å². The molecule has 0 aliphatic rings. The van der Waals surface area contributed by atoms with Crippen molar-refractivity contribution in [2.45, 2.75) is 64.8 Å². The summed E-state index contributed by atoms with van der Waals surface area (Å²) in [6.07, 6.45) is 2.05. The van der Waals surface area contributed by atoms with Crippen LogP contribution in [0.25, 0.3) is 0 Å². The highest BCUT2D eigenvalue weighted by molar-refractivity contribution is 9.10. The van der Waals surface area contributed by atoms with E-state index in [1.54, 1.807) is 0 Å². The molecule has 0 N–H and O–H groups in total. The van der Waals surface area contributed by atoms with E-state index in [-0.39, 0.29) is 5.91 Å². The molecule has 0 fully saturated rings. The lowest BCUT2D eigenvalue weighted by Gasteiger charge is -2.35. The van der Waals surface area contributed by atoms with E-state index >= 15 is 0 Å². The molecular weight excluding hydrogens is 266 g/mol. The largest absolute Gasteiger partial charge is 0.338 e. The second-order valence-electron chi connectivity index (χ2n) is 5.29. The molecule has 3 heteroatoms. The van der Waals surface area contributed by atoms with Crippen LogP contribution in [0.4, 0.5) is 0 Å². The van der Waals surface area contributed by atoms with E-state index in [2.05, 4.69) is 43.6 Å². The molecule has 0 aromatic rings. The smallest absolute Gasteiger partial charge is 0.239 e. The van der Waals surface area contributed by atoms with Gasteiger partial charge >= 0.3 is 0 Å². The zero-order valence-electron chi connectivity index (χ0n) is 11.5. The van der Waals surface area contributed by atoms with Crippen LogP contribution in [0.2, 0.25) is 0 Å². The summed E-state index contributed by atoms with van der Waals surface area (Å²) in [6.45, 7) is 13.3. The Balaban J connectivity index is 4.86. The first-order valence-corrected chi connectivity index (χ1v) is 7.03. The summed E-state index contributed by atoms with van der Waals surface area (Å²) in [7, 11) is 0. The fourth-order valence-corrected chi connectivity index (χ4v) is 2.09. The van der Waals surface area contributed by atoms with E-state index in [1.807, 2.05) is 18.7 Å². The highest BCUT2D eigenvalue weighted by Crippen LogP contribution is 2.23. The fraction of sp³-hybridized carbons (Fsp3) is 0.923. The molecule has 0 spiro atoms. The molecule has 0 saturated carbocycles. The fourth-order valence-electron chi connectivity index (χ4n) is 1.86. The second-order valence-corrected chi connectivity index (χ2v) is 7.28. The number of hydrogen-bond donors (Lipinski definition) is 0. The van der Waals surface area contributed by atoms with Gasteiger partial charge in [-0.1, -0.05) is 43.6 Å². The van der Waals surface area contributed by atoms with Gasteiger partial charge in [-0.15, -0.1) is 0 Å². The van der Waals surface area contributed by atoms with Gasteiger partial charge in [-0.3, -0.25) is 4.79 Å². The van der Waals surface area contributed by atoms with Crippen molar-refractivity contribution in [3.8, 4) is 0 Å². The van der Waals surface area contributed by atoms with Crippen molar-refractivity contribution in [1.82, 2.24) is 4.90 Å². The molecule has 0 aromatic heterocycles. The monoisotopic (exact) mass is 291 g/mol. The predicted molar refractivity (Wildman–Crippen MR) is 73.9 cm³/mol. The van der Waals surface area contributed by atoms with Gasteiger partial charge in [0.05, 0.1) is 4.32 Å². The van der Waals surface area contributed by atoms with Crippen LogP contribution in [0.1, 0.15) is 54.4 Å². The molecule has 0 saturated heterocycles. The van der Waals surface area contributed by atoms with E-state index in [9.17, 15) is 4.79 Å². The van der Waals surface area contributed by atoms with Gasteiger partial charge in [-0.2, -0.15) is 0 Å². The summed E-state index contributed by atoms with van der Waals surface area (Å²) in [5.41, 5.74) is 0. The van der Waals surface area contributed by atoms with Gasteiger partial charge in [0.2, 0.25) is 5.91 Å². The second kappa shape index (κ2) is 6.63. The molecule has 0 heterocycles. The summed E-state index contributed by atoms with van der Waals surface area (Å²) in [5.74, 6) is 0.717. The number of carbonyl (C=O) groups is 1. The number of rotatable bonds is 6. The maximum atomic E-state index is 12.3. The van der Waals surface area contributed by atoms with Crippen molar-refractivity contribution in [2.75, 3.05) is 6.54 Å². The molecule has 0 atom stereocenters. The average Bonchev–Trinajstić information content (AvgIpc) is 2.15. The molecule has 0 aliphatic heterocycles. The van der Waals surface area contributed by atoms with Gasteiger partial charge in [0.15, 0.2) is 0 Å². The van der Waals surface area contributed by atoms with Gasteiger partial charge in [-0.05, 0) is 32.6 Å². The first-order chi connectivity index (χ1) is 7.23. The normalized spacial score (nSPS) is 12.3. The molecule has 1 amide bonds. The Morgan fingerprint density at radius 1 is 1.25 bits per heavy atom. The standard InChI is InChI=1S/C13H26BrNO/c1-7-11(8-2)15(9-10(3)4)12(16)13(5,6)14/h10-11H,7-9H2,1-6H3. The van der Waals surface area contributed by atoms with Crippen molar-refractivity contribution in [3.63, 3.8) is 0 Å². The Bertz CT molecular complexity index is 216. The van der Waals surface area contributed by atoms with Crippen LogP contribution in [0, 0.1) is 5.92 Å². The Hall–Kier alpha value is -0.0500. The lowest BCUT2D eigenvalue weighted by Crippen LogP contribution is -2.48. The van der Waals surface area contributed by atoms with Gasteiger partial charge in [-0.25, -0.2) is 0 Å². The molecule has 2 nitrogen and oxygen atoms in total. The van der Waals surface area contributed by atoms with Gasteiger partial charge in [0, 0.05) is 12.6 Å². The number of amides is 1. The van der Waals surface area contributed by atoms with Gasteiger partial charge in [0.25, 0.3) is 0 Å². The van der Waals surface area contributed by atoms with Crippen LogP contribution in [0.5, 0.6) is 0 Å². The van der Waals surface area contributed by atoms with Crippen LogP contribution in [-0.2, 0) is 4.79 Å². The number of carbonyl (C=O) groups excluding carboxylic acids is 1. The maximum absolute atomic E-state index is 12.3. The van der Waals surface area contributed by atoms with Crippen LogP contribution in [-0.4, -0.2) is 27.7 Å². The summed E-state index contributed by atoms with van der Waals surface area (Å²) >= 11 is 3.47. The van der Waals surface area contributed by atoms with Crippen molar-refractivity contribution < 1.29 is 4.79 Å². The van der Waals surface area contributed by atoms with Crippen molar-refractivity contribution in [2.24, 2.45) is 5.92 Å². The molecule has 16 heavy (non-hydrogen) atoms. The third-order valence-electron chi connectivity index (χ3n) is 2.71. The van der Waals surface area contributed by atoms with E-state index in [0.717, 1.165) is 19.4 Å². The zero-order chi connectivity index (χ0) is 12.9. The third-order valence-corrected chi connectivity index (χ3v) is 3.05. The van der Waals surface area contributed by atoms with E-state index in [1.165, 1.54) is 0 Å². The maximum Gasteiger partial charge on any atom is 0.239 e. The first-order valence-electron chi connectivity index (χ1n) is 6.23. The topological polar surface area (TPSA) is 20.3 Å². The average molecular weight is 292 g/mol. The van der Waals surface area contributed by atoms with E-state index < -0.39 is 4.32 Å². The van der Waals surface area contributed by atoms with Crippen molar-refractivity contribution >= 4 is 21.8 Å². The minimum Gasteiger partial charge on any atom is -0.338 e. The summed E-state index contributed by atoms with van der Waals surface area (Å²) in [4.78, 5) is 14.4. The lowest BCUT2D eigenvalue weighted by atomic mass is 10.0. The quantitative estimate of drug-likeness (QED) is 0.681. The Kier molecular flexibility index (Phi) is 6.61. The van der Waals surface area contributed by atoms with Gasteiger partial charge < -0.3 is 4.90 Å². The van der Waals surface area contributed by atoms with E-state index in [0.29, 0.717) is 12.0 Å². The molecule has 0 bridgehead atoms.